The number of nitrogens with one attached hydrogen (secondary N) is 4. The van der Waals surface area contributed by atoms with Crippen LogP contribution in [0.15, 0.2) is 83.1 Å². The van der Waals surface area contributed by atoms with Crippen molar-refractivity contribution in [1.82, 2.24) is 30.0 Å². The van der Waals surface area contributed by atoms with E-state index in [1.807, 2.05) is 54.6 Å². The van der Waals surface area contributed by atoms with Crippen LogP contribution in [-0.4, -0.2) is 83.2 Å². The lowest BCUT2D eigenvalue weighted by Crippen LogP contribution is -2.58. The predicted octanol–water partition coefficient (Wildman–Crippen LogP) is 4.11. The summed E-state index contributed by atoms with van der Waals surface area (Å²) in [4.78, 5) is 72.5. The van der Waals surface area contributed by atoms with Gasteiger partial charge in [-0.05, 0) is 66.3 Å². The van der Waals surface area contributed by atoms with Crippen molar-refractivity contribution in [2.24, 2.45) is 5.92 Å². The molecule has 4 N–H and O–H groups in total. The molecule has 4 aromatic rings. The van der Waals surface area contributed by atoms with E-state index in [9.17, 15) is 32.4 Å². The Balaban J connectivity index is 1.15. The van der Waals surface area contributed by atoms with Gasteiger partial charge in [0.1, 0.15) is 23.3 Å². The van der Waals surface area contributed by atoms with Gasteiger partial charge in [-0.1, -0.05) is 73.5 Å². The second-order valence-electron chi connectivity index (χ2n) is 15.4. The molecule has 4 heterocycles. The normalized spacial score (nSPS) is 25.9. The van der Waals surface area contributed by atoms with Gasteiger partial charge >= 0.3 is 0 Å². The van der Waals surface area contributed by atoms with Gasteiger partial charge in [0.15, 0.2) is 0 Å². The predicted molar refractivity (Wildman–Crippen MR) is 217 cm³/mol. The number of carbonyl (C=O) groups is 4. The van der Waals surface area contributed by atoms with Gasteiger partial charge in [-0.15, -0.1) is 11.3 Å². The zero-order chi connectivity index (χ0) is 39.9. The van der Waals surface area contributed by atoms with E-state index in [1.54, 1.807) is 30.8 Å². The van der Waals surface area contributed by atoms with Crippen molar-refractivity contribution >= 4 is 61.4 Å². The number of anilines is 1. The van der Waals surface area contributed by atoms with Crippen molar-refractivity contribution in [3.63, 3.8) is 0 Å². The summed E-state index contributed by atoms with van der Waals surface area (Å²) in [6.07, 6.45) is 9.68. The van der Waals surface area contributed by atoms with Gasteiger partial charge in [0.2, 0.25) is 21.8 Å². The number of allylic oxidation sites excluding steroid dienone is 1. The molecule has 16 heteroatoms. The maximum absolute atomic E-state index is 14.7. The first-order chi connectivity index (χ1) is 27.5. The van der Waals surface area contributed by atoms with Crippen molar-refractivity contribution in [3.8, 4) is 11.1 Å². The van der Waals surface area contributed by atoms with E-state index in [1.165, 1.54) is 20.9 Å². The fourth-order valence-electron chi connectivity index (χ4n) is 8.23. The highest BCUT2D eigenvalue weighted by atomic mass is 32.2. The molecule has 0 spiro atoms. The molecule has 2 saturated carbocycles. The number of benzene rings is 2. The Hall–Kier alpha value is -5.35. The molecule has 298 valence electrons. The third kappa shape index (κ3) is 7.59. The van der Waals surface area contributed by atoms with Gasteiger partial charge in [0.05, 0.1) is 22.4 Å². The van der Waals surface area contributed by atoms with Crippen LogP contribution in [0.5, 0.6) is 0 Å². The maximum atomic E-state index is 14.7. The number of amides is 4. The Kier molecular flexibility index (Phi) is 10.5. The lowest BCUT2D eigenvalue weighted by molar-refractivity contribution is -0.141. The van der Waals surface area contributed by atoms with Crippen LogP contribution in [0.3, 0.4) is 0 Å². The number of carbonyl (C=O) groups excluding carboxylic acids is 4. The van der Waals surface area contributed by atoms with Crippen molar-refractivity contribution < 1.29 is 27.6 Å². The summed E-state index contributed by atoms with van der Waals surface area (Å²) in [5.41, 5.74) is -0.283. The Morgan fingerprint density at radius 2 is 1.77 bits per heavy atom. The number of nitrogens with zero attached hydrogens (tertiary/aromatic N) is 3. The van der Waals surface area contributed by atoms with Gasteiger partial charge in [-0.3, -0.25) is 28.7 Å². The van der Waals surface area contributed by atoms with E-state index in [0.717, 1.165) is 29.2 Å². The standard InChI is InChI=1S/C41H45N7O7S2/c1-42-35-31(30-15-9-12-25-11-7-8-14-29(25)30)23-43-48(39(35)52)27-21-33-36(49)45-41(40(53)46-57(54,55)28-18-19-28)22-26(41)13-5-3-2-4-6-16-32(38(51)47(33)24-27)44-37(50)34-17-10-20-56-34/h5,7-15,17,20,23,26-28,32-33,42H,2-4,6,16,18-19,21-22,24H2,1H3,(H,44,50)(H,45,49)(H,46,53)/b13-5-/t26?,27?,32?,33-,41?/m0/s1. The number of aromatic nitrogens is 2. The van der Waals surface area contributed by atoms with Gasteiger partial charge in [-0.25, -0.2) is 13.1 Å². The molecule has 2 aromatic heterocycles. The summed E-state index contributed by atoms with van der Waals surface area (Å²) in [6.45, 7) is -0.0788. The van der Waals surface area contributed by atoms with E-state index >= 15 is 0 Å². The third-order valence-corrected chi connectivity index (χ3v) is 14.3. The van der Waals surface area contributed by atoms with Crippen LogP contribution >= 0.6 is 11.3 Å². The molecule has 4 amide bonds. The molecule has 8 rings (SSSR count). The zero-order valence-electron chi connectivity index (χ0n) is 31.5. The molecule has 5 atom stereocenters. The van der Waals surface area contributed by atoms with Crippen LogP contribution in [0.1, 0.15) is 73.5 Å². The molecular weight excluding hydrogens is 767 g/mol. The molecule has 0 radical (unpaired) electrons. The largest absolute Gasteiger partial charge is 0.383 e. The van der Waals surface area contributed by atoms with Crippen LogP contribution in [0.25, 0.3) is 21.9 Å². The minimum Gasteiger partial charge on any atom is -0.383 e. The highest BCUT2D eigenvalue weighted by molar-refractivity contribution is 7.91. The topological polar surface area (TPSA) is 189 Å². The summed E-state index contributed by atoms with van der Waals surface area (Å²) >= 11 is 1.25. The van der Waals surface area contributed by atoms with E-state index in [-0.39, 0.29) is 19.4 Å². The number of hydrogen-bond acceptors (Lipinski definition) is 10. The Morgan fingerprint density at radius 1 is 0.965 bits per heavy atom. The van der Waals surface area contributed by atoms with Crippen molar-refractivity contribution in [2.75, 3.05) is 18.9 Å². The average Bonchev–Trinajstić information content (AvgIpc) is 4.06. The minimum atomic E-state index is -3.92. The third-order valence-electron chi connectivity index (χ3n) is 11.6. The number of sulfonamides is 1. The number of thiophene rings is 1. The summed E-state index contributed by atoms with van der Waals surface area (Å²) < 4.78 is 29.3. The van der Waals surface area contributed by atoms with E-state index in [2.05, 4.69) is 25.8 Å². The molecule has 4 aliphatic rings. The van der Waals surface area contributed by atoms with Crippen LogP contribution in [0, 0.1) is 5.92 Å². The zero-order valence-corrected chi connectivity index (χ0v) is 33.1. The average molecular weight is 812 g/mol. The summed E-state index contributed by atoms with van der Waals surface area (Å²) in [5.74, 6) is -2.82. The minimum absolute atomic E-state index is 0.0224. The molecule has 57 heavy (non-hydrogen) atoms. The molecular formula is C41H45N7O7S2. The SMILES string of the molecule is CNc1c(-c2cccc3ccccc23)cnn(C2C[C@H]3C(=O)NC4(C(=O)NS(=O)(=O)C5CC5)CC4/C=C\CCCCCC(NC(=O)c4cccs4)C(=O)N3C2)c1=O. The molecule has 1 saturated heterocycles. The summed E-state index contributed by atoms with van der Waals surface area (Å²) in [5, 5.41) is 16.5. The smallest absolute Gasteiger partial charge is 0.291 e. The molecule has 2 aliphatic carbocycles. The van der Waals surface area contributed by atoms with Gasteiger partial charge in [-0.2, -0.15) is 5.10 Å². The van der Waals surface area contributed by atoms with Crippen molar-refractivity contribution in [2.45, 2.75) is 86.7 Å². The van der Waals surface area contributed by atoms with E-state index in [4.69, 9.17) is 0 Å². The maximum Gasteiger partial charge on any atom is 0.291 e. The first-order valence-electron chi connectivity index (χ1n) is 19.5. The van der Waals surface area contributed by atoms with Crippen LogP contribution in [0.2, 0.25) is 0 Å². The monoisotopic (exact) mass is 811 g/mol. The van der Waals surface area contributed by atoms with Gasteiger partial charge in [0, 0.05) is 31.5 Å². The first-order valence-corrected chi connectivity index (χ1v) is 21.9. The molecule has 2 aromatic carbocycles. The molecule has 0 bridgehead atoms. The second kappa shape index (κ2) is 15.5. The Morgan fingerprint density at radius 3 is 2.54 bits per heavy atom. The fraction of sp³-hybridized carbons (Fsp3) is 0.415. The van der Waals surface area contributed by atoms with Crippen LogP contribution < -0.4 is 26.2 Å². The highest BCUT2D eigenvalue weighted by Gasteiger charge is 2.62. The Bertz CT molecular complexity index is 2420. The second-order valence-corrected chi connectivity index (χ2v) is 18.3. The van der Waals surface area contributed by atoms with E-state index < -0.39 is 74.0 Å². The van der Waals surface area contributed by atoms with Crippen LogP contribution in [0.4, 0.5) is 5.69 Å². The Labute approximate surface area is 334 Å². The number of rotatable bonds is 8. The lowest BCUT2D eigenvalue weighted by Gasteiger charge is -2.30. The quantitative estimate of drug-likeness (QED) is 0.190. The van der Waals surface area contributed by atoms with E-state index in [0.29, 0.717) is 48.2 Å². The number of hydrogen-bond donors (Lipinski definition) is 4. The lowest BCUT2D eigenvalue weighted by atomic mass is 9.98. The van der Waals surface area contributed by atoms with Gasteiger partial charge < -0.3 is 20.9 Å². The van der Waals surface area contributed by atoms with Gasteiger partial charge in [0.25, 0.3) is 17.4 Å². The summed E-state index contributed by atoms with van der Waals surface area (Å²) in [6, 6.07) is 14.2. The fourth-order valence-corrected chi connectivity index (χ4v) is 10.2. The van der Waals surface area contributed by atoms with Crippen LogP contribution in [-0.2, 0) is 24.4 Å². The summed E-state index contributed by atoms with van der Waals surface area (Å²) in [7, 11) is -2.26. The van der Waals surface area contributed by atoms with Crippen molar-refractivity contribution in [1.29, 1.82) is 0 Å². The molecule has 14 nitrogen and oxygen atoms in total. The number of fused-ring (bicyclic) bond motifs is 3. The molecule has 4 unspecified atom stereocenters. The molecule has 2 aliphatic heterocycles. The molecule has 3 fully saturated rings. The van der Waals surface area contributed by atoms with Crippen molar-refractivity contribution in [3.05, 3.63) is 93.6 Å². The first kappa shape index (κ1) is 38.5. The highest BCUT2D eigenvalue weighted by Crippen LogP contribution is 2.46.